The van der Waals surface area contributed by atoms with E-state index in [-0.39, 0.29) is 11.6 Å². The van der Waals surface area contributed by atoms with Crippen molar-refractivity contribution in [3.8, 4) is 0 Å². The summed E-state index contributed by atoms with van der Waals surface area (Å²) in [6, 6.07) is 5.80. The minimum absolute atomic E-state index is 0.162. The van der Waals surface area contributed by atoms with Crippen molar-refractivity contribution in [1.29, 1.82) is 0 Å². The molecule has 0 bridgehead atoms. The summed E-state index contributed by atoms with van der Waals surface area (Å²) in [5.74, 6) is 0. The molecule has 2 atom stereocenters. The molecule has 0 aliphatic carbocycles. The molecular formula is C14H22ClNO. The zero-order chi connectivity index (χ0) is 13.1. The summed E-state index contributed by atoms with van der Waals surface area (Å²) in [4.78, 5) is 0. The SMILES string of the molecule is CCOC(C)(CC)C(N)c1ccc(C)c(Cl)c1. The van der Waals surface area contributed by atoms with Gasteiger partial charge in [0.1, 0.15) is 0 Å². The number of ether oxygens (including phenoxy) is 1. The largest absolute Gasteiger partial charge is 0.374 e. The van der Waals surface area contributed by atoms with Gasteiger partial charge in [-0.05, 0) is 44.4 Å². The summed E-state index contributed by atoms with van der Waals surface area (Å²) in [5.41, 5.74) is 8.06. The molecule has 2 unspecified atom stereocenters. The fourth-order valence-electron chi connectivity index (χ4n) is 1.90. The molecule has 96 valence electrons. The molecule has 17 heavy (non-hydrogen) atoms. The molecule has 0 saturated carbocycles. The van der Waals surface area contributed by atoms with E-state index in [1.165, 1.54) is 0 Å². The van der Waals surface area contributed by atoms with E-state index in [0.29, 0.717) is 6.61 Å². The van der Waals surface area contributed by atoms with Gasteiger partial charge in [0.2, 0.25) is 0 Å². The summed E-state index contributed by atoms with van der Waals surface area (Å²) in [6.07, 6.45) is 0.869. The van der Waals surface area contributed by atoms with Gasteiger partial charge in [-0.25, -0.2) is 0 Å². The highest BCUT2D eigenvalue weighted by Crippen LogP contribution is 2.31. The zero-order valence-corrected chi connectivity index (χ0v) is 11.8. The maximum atomic E-state index is 6.31. The molecule has 1 rings (SSSR count). The fourth-order valence-corrected chi connectivity index (χ4v) is 2.09. The van der Waals surface area contributed by atoms with Crippen molar-refractivity contribution in [1.82, 2.24) is 0 Å². The Balaban J connectivity index is 3.01. The van der Waals surface area contributed by atoms with Gasteiger partial charge in [0, 0.05) is 11.6 Å². The van der Waals surface area contributed by atoms with E-state index < -0.39 is 0 Å². The van der Waals surface area contributed by atoms with Gasteiger partial charge in [-0.3, -0.25) is 0 Å². The Kier molecular flexibility index (Phi) is 4.99. The minimum Gasteiger partial charge on any atom is -0.374 e. The van der Waals surface area contributed by atoms with E-state index in [2.05, 4.69) is 13.8 Å². The third-order valence-corrected chi connectivity index (χ3v) is 3.80. The lowest BCUT2D eigenvalue weighted by molar-refractivity contribution is -0.0472. The van der Waals surface area contributed by atoms with E-state index in [4.69, 9.17) is 22.1 Å². The van der Waals surface area contributed by atoms with Crippen LogP contribution in [0.1, 0.15) is 44.4 Å². The Bertz CT molecular complexity index is 380. The highest BCUT2D eigenvalue weighted by atomic mass is 35.5. The molecule has 0 spiro atoms. The van der Waals surface area contributed by atoms with E-state index in [0.717, 1.165) is 22.6 Å². The lowest BCUT2D eigenvalue weighted by Crippen LogP contribution is -2.40. The van der Waals surface area contributed by atoms with Crippen molar-refractivity contribution in [2.45, 2.75) is 45.8 Å². The molecule has 0 aliphatic rings. The molecular weight excluding hydrogens is 234 g/mol. The quantitative estimate of drug-likeness (QED) is 0.867. The third-order valence-electron chi connectivity index (χ3n) is 3.39. The van der Waals surface area contributed by atoms with E-state index in [1.807, 2.05) is 32.0 Å². The average Bonchev–Trinajstić information content (AvgIpc) is 2.32. The smallest absolute Gasteiger partial charge is 0.0843 e. The van der Waals surface area contributed by atoms with Crippen molar-refractivity contribution in [2.75, 3.05) is 6.61 Å². The first-order valence-corrected chi connectivity index (χ1v) is 6.48. The van der Waals surface area contributed by atoms with Gasteiger partial charge in [-0.15, -0.1) is 0 Å². The molecule has 0 heterocycles. The Morgan fingerprint density at radius 1 is 1.41 bits per heavy atom. The molecule has 2 N–H and O–H groups in total. The normalized spacial score (nSPS) is 16.6. The van der Waals surface area contributed by atoms with Gasteiger partial charge in [0.05, 0.1) is 11.6 Å². The maximum Gasteiger partial charge on any atom is 0.0843 e. The van der Waals surface area contributed by atoms with Crippen LogP contribution in [0.15, 0.2) is 18.2 Å². The molecule has 0 aromatic heterocycles. The molecule has 0 saturated heterocycles. The Morgan fingerprint density at radius 2 is 2.06 bits per heavy atom. The first-order chi connectivity index (χ1) is 7.94. The predicted molar refractivity (Wildman–Crippen MR) is 73.4 cm³/mol. The van der Waals surface area contributed by atoms with Crippen molar-refractivity contribution in [3.63, 3.8) is 0 Å². The summed E-state index contributed by atoms with van der Waals surface area (Å²) < 4.78 is 5.80. The zero-order valence-electron chi connectivity index (χ0n) is 11.1. The van der Waals surface area contributed by atoms with Crippen molar-refractivity contribution < 1.29 is 4.74 Å². The lowest BCUT2D eigenvalue weighted by Gasteiger charge is -2.34. The lowest BCUT2D eigenvalue weighted by atomic mass is 9.88. The topological polar surface area (TPSA) is 35.2 Å². The number of rotatable bonds is 5. The van der Waals surface area contributed by atoms with Gasteiger partial charge in [0.15, 0.2) is 0 Å². The number of hydrogen-bond acceptors (Lipinski definition) is 2. The number of hydrogen-bond donors (Lipinski definition) is 1. The standard InChI is InChI=1S/C14H22ClNO/c1-5-14(4,17-6-2)13(16)11-8-7-10(3)12(15)9-11/h7-9,13H,5-6,16H2,1-4H3. The Hall–Kier alpha value is -0.570. The van der Waals surface area contributed by atoms with Gasteiger partial charge in [0.25, 0.3) is 0 Å². The highest BCUT2D eigenvalue weighted by Gasteiger charge is 2.31. The van der Waals surface area contributed by atoms with Crippen LogP contribution in [0.5, 0.6) is 0 Å². The molecule has 0 fully saturated rings. The van der Waals surface area contributed by atoms with Gasteiger partial charge in [-0.2, -0.15) is 0 Å². The summed E-state index contributed by atoms with van der Waals surface area (Å²) in [5, 5.41) is 0.757. The first kappa shape index (κ1) is 14.5. The van der Waals surface area contributed by atoms with Crippen LogP contribution >= 0.6 is 11.6 Å². The molecule has 2 nitrogen and oxygen atoms in total. The van der Waals surface area contributed by atoms with Crippen LogP contribution in [0, 0.1) is 6.92 Å². The minimum atomic E-state index is -0.340. The third kappa shape index (κ3) is 3.21. The maximum absolute atomic E-state index is 6.31. The molecule has 0 radical (unpaired) electrons. The van der Waals surface area contributed by atoms with Crippen molar-refractivity contribution >= 4 is 11.6 Å². The van der Waals surface area contributed by atoms with Crippen LogP contribution < -0.4 is 5.73 Å². The van der Waals surface area contributed by atoms with E-state index >= 15 is 0 Å². The number of benzene rings is 1. The van der Waals surface area contributed by atoms with Crippen LogP contribution in [-0.2, 0) is 4.74 Å². The molecule has 1 aromatic rings. The fraction of sp³-hybridized carbons (Fsp3) is 0.571. The van der Waals surface area contributed by atoms with Gasteiger partial charge in [-0.1, -0.05) is 30.7 Å². The predicted octanol–water partition coefficient (Wildman–Crippen LogP) is 3.85. The highest BCUT2D eigenvalue weighted by molar-refractivity contribution is 6.31. The number of halogens is 1. The molecule has 1 aromatic carbocycles. The average molecular weight is 256 g/mol. The Morgan fingerprint density at radius 3 is 2.53 bits per heavy atom. The molecule has 0 aliphatic heterocycles. The molecule has 3 heteroatoms. The van der Waals surface area contributed by atoms with Crippen molar-refractivity contribution in [2.24, 2.45) is 5.73 Å². The summed E-state index contributed by atoms with van der Waals surface area (Å²) in [7, 11) is 0. The summed E-state index contributed by atoms with van der Waals surface area (Å²) >= 11 is 6.13. The van der Waals surface area contributed by atoms with Crippen molar-refractivity contribution in [3.05, 3.63) is 34.3 Å². The molecule has 0 amide bonds. The number of nitrogens with two attached hydrogens (primary N) is 1. The van der Waals surface area contributed by atoms with Crippen LogP contribution in [0.3, 0.4) is 0 Å². The summed E-state index contributed by atoms with van der Waals surface area (Å²) in [6.45, 7) is 8.78. The second-order valence-electron chi connectivity index (χ2n) is 4.59. The number of aryl methyl sites for hydroxylation is 1. The monoisotopic (exact) mass is 255 g/mol. The van der Waals surface area contributed by atoms with E-state index in [9.17, 15) is 0 Å². The van der Waals surface area contributed by atoms with Gasteiger partial charge < -0.3 is 10.5 Å². The van der Waals surface area contributed by atoms with Crippen LogP contribution in [0.4, 0.5) is 0 Å². The second-order valence-corrected chi connectivity index (χ2v) is 4.99. The van der Waals surface area contributed by atoms with Crippen LogP contribution in [0.25, 0.3) is 0 Å². The van der Waals surface area contributed by atoms with Gasteiger partial charge >= 0.3 is 0 Å². The first-order valence-electron chi connectivity index (χ1n) is 6.10. The van der Waals surface area contributed by atoms with Crippen LogP contribution in [0.2, 0.25) is 5.02 Å². The van der Waals surface area contributed by atoms with Crippen LogP contribution in [-0.4, -0.2) is 12.2 Å². The second kappa shape index (κ2) is 5.85. The Labute approximate surface area is 109 Å². The van der Waals surface area contributed by atoms with E-state index in [1.54, 1.807) is 0 Å².